The highest BCUT2D eigenvalue weighted by molar-refractivity contribution is 5.81. The third kappa shape index (κ3) is 2.83. The molecule has 7 nitrogen and oxygen atoms in total. The number of amides is 1. The van der Waals surface area contributed by atoms with Gasteiger partial charge >= 0.3 is 5.69 Å². The van der Waals surface area contributed by atoms with E-state index < -0.39 is 11.0 Å². The van der Waals surface area contributed by atoms with Crippen molar-refractivity contribution in [2.45, 2.75) is 25.4 Å². The van der Waals surface area contributed by atoms with Gasteiger partial charge in [0.2, 0.25) is 5.91 Å². The van der Waals surface area contributed by atoms with Crippen molar-refractivity contribution in [2.75, 3.05) is 6.54 Å². The molecule has 0 bridgehead atoms. The van der Waals surface area contributed by atoms with Crippen molar-refractivity contribution in [1.29, 1.82) is 0 Å². The molecule has 0 aliphatic carbocycles. The lowest BCUT2D eigenvalue weighted by Gasteiger charge is -2.32. The minimum absolute atomic E-state index is 0.0342. The highest BCUT2D eigenvalue weighted by Crippen LogP contribution is 2.25. The summed E-state index contributed by atoms with van der Waals surface area (Å²) in [5, 5.41) is 14.7. The quantitative estimate of drug-likeness (QED) is 0.640. The van der Waals surface area contributed by atoms with Crippen LogP contribution in [0.2, 0.25) is 0 Å². The second kappa shape index (κ2) is 5.97. The molecule has 2 aromatic rings. The Kier molecular flexibility index (Phi) is 3.86. The third-order valence-corrected chi connectivity index (χ3v) is 3.84. The number of carbonyl (C=O) groups excluding carboxylic acids is 1. The van der Waals surface area contributed by atoms with Crippen LogP contribution in [0.5, 0.6) is 0 Å². The van der Waals surface area contributed by atoms with Gasteiger partial charge < -0.3 is 4.90 Å². The van der Waals surface area contributed by atoms with Crippen LogP contribution in [0, 0.1) is 10.1 Å². The molecule has 2 heterocycles. The molecular weight excluding hydrogens is 284 g/mol. The van der Waals surface area contributed by atoms with Crippen LogP contribution in [0.3, 0.4) is 0 Å². The van der Waals surface area contributed by atoms with Crippen LogP contribution in [0.1, 0.15) is 24.4 Å². The number of nitro groups is 1. The standard InChI is InChI=1S/C15H16N4O3/c20-15-14(18-11-13(9-16-18)19(21)22)7-4-8-17(15)10-12-5-2-1-3-6-12/h1-3,5-6,9,11,14H,4,7-8,10H2. The SMILES string of the molecule is O=C1C(n2cc([N+](=O)[O-])cn2)CCCN1Cc1ccccc1. The van der Waals surface area contributed by atoms with Crippen molar-refractivity contribution in [1.82, 2.24) is 14.7 Å². The lowest BCUT2D eigenvalue weighted by Crippen LogP contribution is -2.41. The van der Waals surface area contributed by atoms with Crippen molar-refractivity contribution in [3.05, 3.63) is 58.4 Å². The number of carbonyl (C=O) groups is 1. The maximum Gasteiger partial charge on any atom is 0.307 e. The van der Waals surface area contributed by atoms with Gasteiger partial charge in [0, 0.05) is 13.1 Å². The van der Waals surface area contributed by atoms with Gasteiger partial charge in [-0.3, -0.25) is 19.6 Å². The van der Waals surface area contributed by atoms with Crippen LogP contribution in [-0.2, 0) is 11.3 Å². The summed E-state index contributed by atoms with van der Waals surface area (Å²) >= 11 is 0. The van der Waals surface area contributed by atoms with Gasteiger partial charge in [0.15, 0.2) is 0 Å². The minimum Gasteiger partial charge on any atom is -0.337 e. The highest BCUT2D eigenvalue weighted by Gasteiger charge is 2.31. The predicted octanol–water partition coefficient (Wildman–Crippen LogP) is 2.16. The maximum atomic E-state index is 12.6. The van der Waals surface area contributed by atoms with Crippen molar-refractivity contribution >= 4 is 11.6 Å². The average Bonchev–Trinajstić information content (AvgIpc) is 3.00. The topological polar surface area (TPSA) is 81.3 Å². The van der Waals surface area contributed by atoms with Gasteiger partial charge in [-0.15, -0.1) is 0 Å². The number of nitrogens with zero attached hydrogens (tertiary/aromatic N) is 4. The van der Waals surface area contributed by atoms with Crippen molar-refractivity contribution < 1.29 is 9.72 Å². The lowest BCUT2D eigenvalue weighted by molar-refractivity contribution is -0.385. The van der Waals surface area contributed by atoms with E-state index in [9.17, 15) is 14.9 Å². The van der Waals surface area contributed by atoms with E-state index in [0.717, 1.165) is 12.0 Å². The second-order valence-electron chi connectivity index (χ2n) is 5.34. The first-order valence-electron chi connectivity index (χ1n) is 7.16. The molecule has 114 valence electrons. The molecule has 0 N–H and O–H groups in total. The maximum absolute atomic E-state index is 12.6. The summed E-state index contributed by atoms with van der Waals surface area (Å²) in [6.07, 6.45) is 4.03. The fraction of sp³-hybridized carbons (Fsp3) is 0.333. The Bertz CT molecular complexity index is 683. The van der Waals surface area contributed by atoms with Gasteiger partial charge in [-0.1, -0.05) is 30.3 Å². The number of likely N-dealkylation sites (tertiary alicyclic amines) is 1. The Labute approximate surface area is 127 Å². The minimum atomic E-state index is -0.501. The van der Waals surface area contributed by atoms with Gasteiger partial charge in [-0.05, 0) is 18.4 Å². The van der Waals surface area contributed by atoms with E-state index in [-0.39, 0.29) is 11.6 Å². The van der Waals surface area contributed by atoms with Crippen LogP contribution in [0.25, 0.3) is 0 Å². The zero-order chi connectivity index (χ0) is 15.5. The van der Waals surface area contributed by atoms with E-state index in [4.69, 9.17) is 0 Å². The van der Waals surface area contributed by atoms with E-state index in [2.05, 4.69) is 5.10 Å². The zero-order valence-corrected chi connectivity index (χ0v) is 12.0. The van der Waals surface area contributed by atoms with Crippen LogP contribution in [-0.4, -0.2) is 32.1 Å². The van der Waals surface area contributed by atoms with Crippen LogP contribution >= 0.6 is 0 Å². The van der Waals surface area contributed by atoms with Gasteiger partial charge in [0.1, 0.15) is 18.4 Å². The first kappa shape index (κ1) is 14.2. The summed E-state index contributed by atoms with van der Waals surface area (Å²) in [4.78, 5) is 24.6. The second-order valence-corrected chi connectivity index (χ2v) is 5.34. The highest BCUT2D eigenvalue weighted by atomic mass is 16.6. The molecule has 0 radical (unpaired) electrons. The summed E-state index contributed by atoms with van der Waals surface area (Å²) in [5.41, 5.74) is 0.982. The lowest BCUT2D eigenvalue weighted by atomic mass is 10.0. The molecule has 22 heavy (non-hydrogen) atoms. The third-order valence-electron chi connectivity index (χ3n) is 3.84. The normalized spacial score (nSPS) is 18.5. The number of aromatic nitrogens is 2. The van der Waals surface area contributed by atoms with Gasteiger partial charge in [-0.2, -0.15) is 5.10 Å². The van der Waals surface area contributed by atoms with Gasteiger partial charge in [0.05, 0.1) is 4.92 Å². The largest absolute Gasteiger partial charge is 0.337 e. The smallest absolute Gasteiger partial charge is 0.307 e. The van der Waals surface area contributed by atoms with Crippen molar-refractivity contribution in [2.24, 2.45) is 0 Å². The molecule has 1 fully saturated rings. The Hall–Kier alpha value is -2.70. The Morgan fingerprint density at radius 2 is 2.09 bits per heavy atom. The number of benzene rings is 1. The number of rotatable bonds is 4. The van der Waals surface area contributed by atoms with Crippen LogP contribution in [0.4, 0.5) is 5.69 Å². The molecule has 1 aromatic heterocycles. The Balaban J connectivity index is 1.76. The number of hydrogen-bond donors (Lipinski definition) is 0. The molecule has 1 atom stereocenters. The molecule has 1 aromatic carbocycles. The Morgan fingerprint density at radius 3 is 2.77 bits per heavy atom. The van der Waals surface area contributed by atoms with Crippen molar-refractivity contribution in [3.63, 3.8) is 0 Å². The van der Waals surface area contributed by atoms with E-state index in [1.165, 1.54) is 17.1 Å². The van der Waals surface area contributed by atoms with Crippen LogP contribution < -0.4 is 0 Å². The molecule has 0 spiro atoms. The Morgan fingerprint density at radius 1 is 1.32 bits per heavy atom. The number of piperidine rings is 1. The predicted molar refractivity (Wildman–Crippen MR) is 79.0 cm³/mol. The first-order chi connectivity index (χ1) is 10.6. The summed E-state index contributed by atoms with van der Waals surface area (Å²) in [6, 6.07) is 9.33. The van der Waals surface area contributed by atoms with E-state index >= 15 is 0 Å². The summed E-state index contributed by atoms with van der Waals surface area (Å²) in [5.74, 6) is -0.0342. The fourth-order valence-electron chi connectivity index (χ4n) is 2.72. The van der Waals surface area contributed by atoms with Gasteiger partial charge in [0.25, 0.3) is 0 Å². The fourth-order valence-corrected chi connectivity index (χ4v) is 2.72. The average molecular weight is 300 g/mol. The molecule has 1 amide bonds. The van der Waals surface area contributed by atoms with E-state index in [1.54, 1.807) is 4.90 Å². The molecular formula is C15H16N4O3. The van der Waals surface area contributed by atoms with Crippen molar-refractivity contribution in [3.8, 4) is 0 Å². The molecule has 1 aliphatic rings. The zero-order valence-electron chi connectivity index (χ0n) is 12.0. The summed E-state index contributed by atoms with van der Waals surface area (Å²) in [6.45, 7) is 1.26. The summed E-state index contributed by atoms with van der Waals surface area (Å²) < 4.78 is 1.41. The molecule has 3 rings (SSSR count). The molecule has 0 saturated carbocycles. The van der Waals surface area contributed by atoms with E-state index in [1.807, 2.05) is 30.3 Å². The molecule has 1 aliphatic heterocycles. The number of hydrogen-bond acceptors (Lipinski definition) is 4. The molecule has 1 unspecified atom stereocenters. The molecule has 1 saturated heterocycles. The monoisotopic (exact) mass is 300 g/mol. The summed E-state index contributed by atoms with van der Waals surface area (Å²) in [7, 11) is 0. The first-order valence-corrected chi connectivity index (χ1v) is 7.16. The van der Waals surface area contributed by atoms with Crippen LogP contribution in [0.15, 0.2) is 42.7 Å². The van der Waals surface area contributed by atoms with E-state index in [0.29, 0.717) is 19.5 Å². The molecule has 7 heteroatoms. The van der Waals surface area contributed by atoms with Gasteiger partial charge in [-0.25, -0.2) is 0 Å².